The van der Waals surface area contributed by atoms with E-state index in [1.807, 2.05) is 25.1 Å². The Kier molecular flexibility index (Phi) is 9.66. The molecule has 3 rings (SSSR count). The molecule has 0 aliphatic carbocycles. The number of fused-ring (bicyclic) bond motifs is 1. The van der Waals surface area contributed by atoms with Crippen LogP contribution in [0.5, 0.6) is 0 Å². The second-order valence-corrected chi connectivity index (χ2v) is 8.55. The Morgan fingerprint density at radius 3 is 2.61 bits per heavy atom. The number of rotatable bonds is 8. The van der Waals surface area contributed by atoms with Gasteiger partial charge in [-0.3, -0.25) is 9.98 Å². The molecule has 1 heterocycles. The highest BCUT2D eigenvalue weighted by atomic mass is 127. The lowest BCUT2D eigenvalue weighted by atomic mass is 10.00. The summed E-state index contributed by atoms with van der Waals surface area (Å²) in [4.78, 5) is 8.50. The summed E-state index contributed by atoms with van der Waals surface area (Å²) in [5.74, 6) is 0.638. The van der Waals surface area contributed by atoms with Crippen LogP contribution in [0.1, 0.15) is 25.5 Å². The molecule has 31 heavy (non-hydrogen) atoms. The minimum Gasteiger partial charge on any atom is -0.357 e. The summed E-state index contributed by atoms with van der Waals surface area (Å²) in [6.07, 6.45) is 2.86. The topological polar surface area (TPSA) is 95.5 Å². The van der Waals surface area contributed by atoms with E-state index in [0.29, 0.717) is 19.0 Å². The number of halogens is 1. The van der Waals surface area contributed by atoms with Crippen molar-refractivity contribution in [2.24, 2.45) is 4.99 Å². The van der Waals surface area contributed by atoms with Gasteiger partial charge >= 0.3 is 0 Å². The third kappa shape index (κ3) is 6.88. The van der Waals surface area contributed by atoms with Crippen LogP contribution in [0.15, 0.2) is 76.9 Å². The summed E-state index contributed by atoms with van der Waals surface area (Å²) in [5.41, 5.74) is 1.18. The molecule has 0 fully saturated rings. The van der Waals surface area contributed by atoms with Crippen LogP contribution in [0.3, 0.4) is 0 Å². The molecule has 0 aliphatic heterocycles. The maximum Gasteiger partial charge on any atom is 0.242 e. The first-order chi connectivity index (χ1) is 14.5. The predicted octanol–water partition coefficient (Wildman–Crippen LogP) is 3.45. The molecule has 1 atom stereocenters. The summed E-state index contributed by atoms with van der Waals surface area (Å²) >= 11 is 0. The average Bonchev–Trinajstić information content (AvgIpc) is 2.77. The first-order valence-electron chi connectivity index (χ1n) is 9.93. The first kappa shape index (κ1) is 25.0. The molecule has 1 aromatic heterocycles. The summed E-state index contributed by atoms with van der Waals surface area (Å²) in [6, 6.07) is 17.7. The van der Waals surface area contributed by atoms with E-state index in [1.165, 1.54) is 34.8 Å². The monoisotopic (exact) mass is 553 g/mol. The van der Waals surface area contributed by atoms with E-state index in [-0.39, 0.29) is 41.5 Å². The minimum atomic E-state index is -3.58. The summed E-state index contributed by atoms with van der Waals surface area (Å²) in [6.45, 7) is 5.27. The van der Waals surface area contributed by atoms with Gasteiger partial charge in [0.05, 0.1) is 12.6 Å². The van der Waals surface area contributed by atoms with Crippen molar-refractivity contribution in [3.63, 3.8) is 0 Å². The fourth-order valence-electron chi connectivity index (χ4n) is 3.17. The van der Waals surface area contributed by atoms with Crippen molar-refractivity contribution < 1.29 is 8.42 Å². The highest BCUT2D eigenvalue weighted by Crippen LogP contribution is 2.23. The van der Waals surface area contributed by atoms with E-state index in [9.17, 15) is 8.42 Å². The van der Waals surface area contributed by atoms with Gasteiger partial charge in [-0.15, -0.1) is 24.0 Å². The molecule has 7 nitrogen and oxygen atoms in total. The number of hydrogen-bond donors (Lipinski definition) is 3. The minimum absolute atomic E-state index is 0. The van der Waals surface area contributed by atoms with Gasteiger partial charge in [0.2, 0.25) is 10.0 Å². The van der Waals surface area contributed by atoms with Crippen molar-refractivity contribution in [3.8, 4) is 0 Å². The molecular weight excluding hydrogens is 525 g/mol. The number of aliphatic imine (C=N–C) groups is 1. The molecule has 0 saturated heterocycles. The lowest BCUT2D eigenvalue weighted by molar-refractivity contribution is 0.581. The largest absolute Gasteiger partial charge is 0.357 e. The molecule has 0 aliphatic rings. The summed E-state index contributed by atoms with van der Waals surface area (Å²) < 4.78 is 27.1. The predicted molar refractivity (Wildman–Crippen MR) is 136 cm³/mol. The van der Waals surface area contributed by atoms with E-state index in [0.717, 1.165) is 0 Å². The summed E-state index contributed by atoms with van der Waals surface area (Å²) in [5, 5.41) is 9.00. The Bertz CT molecular complexity index is 1100. The van der Waals surface area contributed by atoms with Crippen molar-refractivity contribution in [2.45, 2.75) is 24.8 Å². The number of pyridine rings is 1. The van der Waals surface area contributed by atoms with E-state index in [4.69, 9.17) is 0 Å². The number of hydrogen-bond acceptors (Lipinski definition) is 4. The molecule has 0 spiro atoms. The Morgan fingerprint density at radius 1 is 1.10 bits per heavy atom. The quantitative estimate of drug-likeness (QED) is 0.172. The van der Waals surface area contributed by atoms with Crippen molar-refractivity contribution in [2.75, 3.05) is 19.6 Å². The van der Waals surface area contributed by atoms with E-state index in [1.54, 1.807) is 6.07 Å². The molecule has 2 aromatic carbocycles. The Labute approximate surface area is 200 Å². The molecule has 166 valence electrons. The standard InChI is InChI=1S/C22H27N5O2S.HI/c1-3-24-22(25-14-15-26-30(28,29)19-10-7-13-23-16-19)27-17(2)20-12-6-9-18-8-4-5-11-21(18)20;/h4-13,16-17,26H,3,14-15H2,1-2H3,(H2,24,25,27);1H. The van der Waals surface area contributed by atoms with Crippen LogP contribution in [0.25, 0.3) is 10.8 Å². The SMILES string of the molecule is CCNC(=NCCNS(=O)(=O)c1cccnc1)NC(C)c1cccc2ccccc12.I. The molecule has 1 unspecified atom stereocenters. The van der Waals surface area contributed by atoms with Gasteiger partial charge in [-0.1, -0.05) is 42.5 Å². The number of sulfonamides is 1. The van der Waals surface area contributed by atoms with Gasteiger partial charge in [0.15, 0.2) is 5.96 Å². The molecule has 0 bridgehead atoms. The van der Waals surface area contributed by atoms with E-state index < -0.39 is 10.0 Å². The van der Waals surface area contributed by atoms with Gasteiger partial charge in [-0.05, 0) is 42.3 Å². The lowest BCUT2D eigenvalue weighted by Gasteiger charge is -2.20. The Morgan fingerprint density at radius 2 is 1.87 bits per heavy atom. The van der Waals surface area contributed by atoms with Gasteiger partial charge < -0.3 is 10.6 Å². The molecule has 3 aromatic rings. The first-order valence-corrected chi connectivity index (χ1v) is 11.4. The van der Waals surface area contributed by atoms with Gasteiger partial charge in [-0.25, -0.2) is 13.1 Å². The van der Waals surface area contributed by atoms with Crippen LogP contribution in [0.2, 0.25) is 0 Å². The zero-order valence-electron chi connectivity index (χ0n) is 17.6. The zero-order valence-corrected chi connectivity index (χ0v) is 20.7. The van der Waals surface area contributed by atoms with Crippen molar-refractivity contribution >= 4 is 50.7 Å². The molecule has 3 N–H and O–H groups in total. The number of nitrogens with one attached hydrogen (secondary N) is 3. The number of guanidine groups is 1. The molecule has 0 saturated carbocycles. The third-order valence-corrected chi connectivity index (χ3v) is 6.05. The van der Waals surface area contributed by atoms with Gasteiger partial charge in [0, 0.05) is 25.5 Å². The fourth-order valence-corrected chi connectivity index (χ4v) is 4.15. The van der Waals surface area contributed by atoms with E-state index >= 15 is 0 Å². The molecule has 9 heteroatoms. The van der Waals surface area contributed by atoms with Crippen LogP contribution in [0, 0.1) is 0 Å². The molecule has 0 amide bonds. The molecular formula is C22H28IN5O2S. The Balaban J connectivity index is 0.00000341. The smallest absolute Gasteiger partial charge is 0.242 e. The molecule has 0 radical (unpaired) electrons. The van der Waals surface area contributed by atoms with Crippen LogP contribution >= 0.6 is 24.0 Å². The van der Waals surface area contributed by atoms with Crippen molar-refractivity contribution in [1.82, 2.24) is 20.3 Å². The normalized spacial score (nSPS) is 12.8. The lowest BCUT2D eigenvalue weighted by Crippen LogP contribution is -2.39. The van der Waals surface area contributed by atoms with Crippen LogP contribution in [0.4, 0.5) is 0 Å². The van der Waals surface area contributed by atoms with Gasteiger partial charge in [-0.2, -0.15) is 0 Å². The fraction of sp³-hybridized carbons (Fsp3) is 0.273. The maximum atomic E-state index is 12.3. The second-order valence-electron chi connectivity index (χ2n) is 6.78. The Hall–Kier alpha value is -2.24. The maximum absolute atomic E-state index is 12.3. The van der Waals surface area contributed by atoms with Crippen LogP contribution in [-0.2, 0) is 10.0 Å². The van der Waals surface area contributed by atoms with Crippen molar-refractivity contribution in [3.05, 3.63) is 72.6 Å². The summed E-state index contributed by atoms with van der Waals surface area (Å²) in [7, 11) is -3.58. The number of aromatic nitrogens is 1. The van der Waals surface area contributed by atoms with Gasteiger partial charge in [0.25, 0.3) is 0 Å². The van der Waals surface area contributed by atoms with Crippen LogP contribution in [-0.4, -0.2) is 39.0 Å². The second kappa shape index (κ2) is 12.0. The number of nitrogens with zero attached hydrogens (tertiary/aromatic N) is 2. The van der Waals surface area contributed by atoms with Crippen LogP contribution < -0.4 is 15.4 Å². The highest BCUT2D eigenvalue weighted by molar-refractivity contribution is 14.0. The third-order valence-electron chi connectivity index (χ3n) is 4.61. The number of benzene rings is 2. The van der Waals surface area contributed by atoms with E-state index in [2.05, 4.69) is 56.5 Å². The highest BCUT2D eigenvalue weighted by Gasteiger charge is 2.13. The average molecular weight is 553 g/mol. The van der Waals surface area contributed by atoms with Crippen molar-refractivity contribution in [1.29, 1.82) is 0 Å². The zero-order chi connectivity index (χ0) is 21.4. The van der Waals surface area contributed by atoms with Gasteiger partial charge in [0.1, 0.15) is 4.90 Å².